The molecular formula is C22H18FN5O. The number of tetrazole rings is 1. The summed E-state index contributed by atoms with van der Waals surface area (Å²) in [5.74, 6) is -0.379. The van der Waals surface area contributed by atoms with E-state index in [2.05, 4.69) is 20.7 Å². The molecule has 0 bridgehead atoms. The average Bonchev–Trinajstić information content (AvgIpc) is 3.22. The average molecular weight is 387 g/mol. The molecule has 1 amide bonds. The standard InChI is InChI=1S/C22H18FN5O/c23-19-13-7-12-18(14-19)22-25-27-28(26-22)15-20(29)24-21(16-8-3-1-4-9-16)17-10-5-2-6-11-17/h1-14,21H,15H2,(H,24,29). The number of carbonyl (C=O) groups is 1. The van der Waals surface area contributed by atoms with Crippen LogP contribution in [0.4, 0.5) is 4.39 Å². The molecule has 0 aliphatic heterocycles. The van der Waals surface area contributed by atoms with Gasteiger partial charge in [0.05, 0.1) is 6.04 Å². The van der Waals surface area contributed by atoms with E-state index < -0.39 is 0 Å². The van der Waals surface area contributed by atoms with Crippen molar-refractivity contribution in [2.75, 3.05) is 0 Å². The first-order valence-corrected chi connectivity index (χ1v) is 9.12. The fraction of sp³-hybridized carbons (Fsp3) is 0.0909. The Balaban J connectivity index is 1.50. The number of nitrogens with one attached hydrogen (secondary N) is 1. The zero-order chi connectivity index (χ0) is 20.1. The van der Waals surface area contributed by atoms with Crippen LogP contribution >= 0.6 is 0 Å². The van der Waals surface area contributed by atoms with Crippen LogP contribution in [0.15, 0.2) is 84.9 Å². The second kappa shape index (κ2) is 8.43. The lowest BCUT2D eigenvalue weighted by Gasteiger charge is -2.19. The van der Waals surface area contributed by atoms with E-state index in [1.54, 1.807) is 12.1 Å². The van der Waals surface area contributed by atoms with Crippen LogP contribution in [0.1, 0.15) is 17.2 Å². The fourth-order valence-electron chi connectivity index (χ4n) is 3.04. The summed E-state index contributed by atoms with van der Waals surface area (Å²) in [7, 11) is 0. The van der Waals surface area contributed by atoms with Crippen molar-refractivity contribution in [2.24, 2.45) is 0 Å². The Kier molecular flexibility index (Phi) is 5.38. The summed E-state index contributed by atoms with van der Waals surface area (Å²) in [4.78, 5) is 13.9. The minimum absolute atomic E-state index is 0.0987. The molecule has 0 spiro atoms. The maximum Gasteiger partial charge on any atom is 0.244 e. The lowest BCUT2D eigenvalue weighted by atomic mass is 9.99. The van der Waals surface area contributed by atoms with Gasteiger partial charge in [-0.3, -0.25) is 4.79 Å². The number of carbonyl (C=O) groups excluding carboxylic acids is 1. The minimum atomic E-state index is -0.384. The van der Waals surface area contributed by atoms with Gasteiger partial charge >= 0.3 is 0 Å². The van der Waals surface area contributed by atoms with Gasteiger partial charge in [0.1, 0.15) is 12.4 Å². The summed E-state index contributed by atoms with van der Waals surface area (Å²) in [6, 6.07) is 25.1. The highest BCUT2D eigenvalue weighted by molar-refractivity contribution is 5.76. The van der Waals surface area contributed by atoms with E-state index in [-0.39, 0.29) is 30.1 Å². The molecule has 4 aromatic rings. The van der Waals surface area contributed by atoms with Gasteiger partial charge in [-0.1, -0.05) is 72.8 Å². The molecule has 0 aliphatic carbocycles. The van der Waals surface area contributed by atoms with Gasteiger partial charge in [0.2, 0.25) is 11.7 Å². The number of amides is 1. The van der Waals surface area contributed by atoms with Crippen LogP contribution < -0.4 is 5.32 Å². The van der Waals surface area contributed by atoms with E-state index in [4.69, 9.17) is 0 Å². The molecule has 0 saturated heterocycles. The van der Waals surface area contributed by atoms with Crippen LogP contribution in [-0.2, 0) is 11.3 Å². The first-order chi connectivity index (χ1) is 14.2. The van der Waals surface area contributed by atoms with Crippen molar-refractivity contribution in [3.63, 3.8) is 0 Å². The van der Waals surface area contributed by atoms with Gasteiger partial charge in [-0.15, -0.1) is 10.2 Å². The summed E-state index contributed by atoms with van der Waals surface area (Å²) >= 11 is 0. The Morgan fingerprint density at radius 3 is 2.21 bits per heavy atom. The van der Waals surface area contributed by atoms with Crippen molar-refractivity contribution < 1.29 is 9.18 Å². The first kappa shape index (κ1) is 18.5. The maximum atomic E-state index is 13.4. The summed E-state index contributed by atoms with van der Waals surface area (Å²) in [5, 5.41) is 15.0. The largest absolute Gasteiger partial charge is 0.344 e. The molecule has 6 nitrogen and oxygen atoms in total. The van der Waals surface area contributed by atoms with Crippen molar-refractivity contribution in [3.05, 3.63) is 102 Å². The summed E-state index contributed by atoms with van der Waals surface area (Å²) in [6.07, 6.45) is 0. The molecule has 0 atom stereocenters. The Bertz CT molecular complexity index is 1060. The number of aromatic nitrogens is 4. The normalized spacial score (nSPS) is 10.8. The minimum Gasteiger partial charge on any atom is -0.344 e. The van der Waals surface area contributed by atoms with Crippen LogP contribution in [0.25, 0.3) is 11.4 Å². The lowest BCUT2D eigenvalue weighted by Crippen LogP contribution is -2.32. The van der Waals surface area contributed by atoms with Crippen molar-refractivity contribution in [1.29, 1.82) is 0 Å². The number of rotatable bonds is 6. The van der Waals surface area contributed by atoms with Gasteiger partial charge in [-0.2, -0.15) is 4.80 Å². The van der Waals surface area contributed by atoms with Crippen molar-refractivity contribution >= 4 is 5.91 Å². The predicted octanol–water partition coefficient (Wildman–Crippen LogP) is 3.39. The fourth-order valence-corrected chi connectivity index (χ4v) is 3.04. The van der Waals surface area contributed by atoms with Gasteiger partial charge in [-0.25, -0.2) is 4.39 Å². The van der Waals surface area contributed by atoms with Gasteiger partial charge < -0.3 is 5.32 Å². The molecule has 144 valence electrons. The zero-order valence-corrected chi connectivity index (χ0v) is 15.4. The molecule has 29 heavy (non-hydrogen) atoms. The van der Waals surface area contributed by atoms with E-state index >= 15 is 0 Å². The molecular weight excluding hydrogens is 369 g/mol. The highest BCUT2D eigenvalue weighted by atomic mass is 19.1. The van der Waals surface area contributed by atoms with Gasteiger partial charge in [0.15, 0.2) is 0 Å². The number of hydrogen-bond acceptors (Lipinski definition) is 4. The second-order valence-corrected chi connectivity index (χ2v) is 6.48. The molecule has 3 aromatic carbocycles. The summed E-state index contributed by atoms with van der Waals surface area (Å²) < 4.78 is 13.4. The lowest BCUT2D eigenvalue weighted by molar-refractivity contribution is -0.122. The maximum absolute atomic E-state index is 13.4. The van der Waals surface area contributed by atoms with Crippen molar-refractivity contribution in [3.8, 4) is 11.4 Å². The third kappa shape index (κ3) is 4.52. The van der Waals surface area contributed by atoms with E-state index in [1.165, 1.54) is 16.9 Å². The first-order valence-electron chi connectivity index (χ1n) is 9.12. The third-order valence-electron chi connectivity index (χ3n) is 4.39. The molecule has 1 N–H and O–H groups in total. The molecule has 7 heteroatoms. The Hall–Kier alpha value is -3.87. The van der Waals surface area contributed by atoms with Crippen molar-refractivity contribution in [2.45, 2.75) is 12.6 Å². The summed E-state index contributed by atoms with van der Waals surface area (Å²) in [5.41, 5.74) is 2.45. The van der Waals surface area contributed by atoms with E-state index in [1.807, 2.05) is 60.7 Å². The van der Waals surface area contributed by atoms with Crippen LogP contribution in [-0.4, -0.2) is 26.1 Å². The monoisotopic (exact) mass is 387 g/mol. The number of nitrogens with zero attached hydrogens (tertiary/aromatic N) is 4. The zero-order valence-electron chi connectivity index (χ0n) is 15.4. The number of halogens is 1. The third-order valence-corrected chi connectivity index (χ3v) is 4.39. The molecule has 4 rings (SSSR count). The molecule has 1 heterocycles. The van der Waals surface area contributed by atoms with E-state index in [0.29, 0.717) is 5.56 Å². The quantitative estimate of drug-likeness (QED) is 0.550. The Morgan fingerprint density at radius 1 is 0.931 bits per heavy atom. The van der Waals surface area contributed by atoms with Gasteiger partial charge in [-0.05, 0) is 28.5 Å². The Morgan fingerprint density at radius 2 is 1.59 bits per heavy atom. The summed E-state index contributed by atoms with van der Waals surface area (Å²) in [6.45, 7) is -0.0987. The topological polar surface area (TPSA) is 72.7 Å². The Labute approximate surface area is 167 Å². The number of benzene rings is 3. The van der Waals surface area contributed by atoms with E-state index in [9.17, 15) is 9.18 Å². The number of hydrogen-bond donors (Lipinski definition) is 1. The van der Waals surface area contributed by atoms with Crippen LogP contribution in [0.5, 0.6) is 0 Å². The van der Waals surface area contributed by atoms with Crippen LogP contribution in [0.2, 0.25) is 0 Å². The molecule has 1 aromatic heterocycles. The molecule has 0 radical (unpaired) electrons. The molecule has 0 saturated carbocycles. The van der Waals surface area contributed by atoms with Crippen LogP contribution in [0.3, 0.4) is 0 Å². The highest BCUT2D eigenvalue weighted by Crippen LogP contribution is 2.21. The van der Waals surface area contributed by atoms with Gasteiger partial charge in [0, 0.05) is 5.56 Å². The molecule has 0 aliphatic rings. The van der Waals surface area contributed by atoms with Gasteiger partial charge in [0.25, 0.3) is 0 Å². The highest BCUT2D eigenvalue weighted by Gasteiger charge is 2.18. The van der Waals surface area contributed by atoms with E-state index in [0.717, 1.165) is 11.1 Å². The second-order valence-electron chi connectivity index (χ2n) is 6.48. The smallest absolute Gasteiger partial charge is 0.244 e. The molecule has 0 unspecified atom stereocenters. The van der Waals surface area contributed by atoms with Crippen molar-refractivity contribution in [1.82, 2.24) is 25.5 Å². The van der Waals surface area contributed by atoms with Crippen LogP contribution in [0, 0.1) is 5.82 Å². The predicted molar refractivity (Wildman–Crippen MR) is 106 cm³/mol. The molecule has 0 fully saturated rings. The SMILES string of the molecule is O=C(Cn1nnc(-c2cccc(F)c2)n1)NC(c1ccccc1)c1ccccc1.